The molecule has 23 heavy (non-hydrogen) atoms. The highest BCUT2D eigenvalue weighted by Crippen LogP contribution is 2.35. The average molecular weight is 309 g/mol. The van der Waals surface area contributed by atoms with Gasteiger partial charge in [0.1, 0.15) is 12.7 Å². The maximum Gasteiger partial charge on any atom is 0.231 e. The molecular formula is C16H15N5O2. The van der Waals surface area contributed by atoms with Crippen molar-refractivity contribution in [2.24, 2.45) is 0 Å². The fourth-order valence-corrected chi connectivity index (χ4v) is 2.45. The van der Waals surface area contributed by atoms with Crippen molar-refractivity contribution >= 4 is 0 Å². The van der Waals surface area contributed by atoms with Gasteiger partial charge < -0.3 is 14.8 Å². The molecule has 1 aliphatic heterocycles. The van der Waals surface area contributed by atoms with Crippen LogP contribution in [0.25, 0.3) is 5.82 Å². The standard InChI is InChI=1S/C16H15N5O2/c1-2-13(16-14(3-1)22-11-23-16)8-17-6-12-4-5-15(19-7-12)21-10-18-9-20-21/h1-5,7,9-10,17H,6,8,11H2. The largest absolute Gasteiger partial charge is 0.454 e. The summed E-state index contributed by atoms with van der Waals surface area (Å²) >= 11 is 0. The maximum atomic E-state index is 5.50. The molecule has 116 valence electrons. The van der Waals surface area contributed by atoms with Gasteiger partial charge in [0.25, 0.3) is 0 Å². The van der Waals surface area contributed by atoms with E-state index >= 15 is 0 Å². The fraction of sp³-hybridized carbons (Fsp3) is 0.188. The van der Waals surface area contributed by atoms with Crippen LogP contribution in [0.5, 0.6) is 11.5 Å². The Morgan fingerprint density at radius 1 is 1.13 bits per heavy atom. The summed E-state index contributed by atoms with van der Waals surface area (Å²) in [4.78, 5) is 8.29. The van der Waals surface area contributed by atoms with E-state index in [0.29, 0.717) is 13.3 Å². The Hall–Kier alpha value is -2.93. The van der Waals surface area contributed by atoms with Crippen LogP contribution in [0.4, 0.5) is 0 Å². The Labute approximate surface area is 132 Å². The molecule has 0 atom stereocenters. The molecule has 0 saturated heterocycles. The summed E-state index contributed by atoms with van der Waals surface area (Å²) in [6.07, 6.45) is 4.94. The smallest absolute Gasteiger partial charge is 0.231 e. The van der Waals surface area contributed by atoms with E-state index in [-0.39, 0.29) is 0 Å². The first kappa shape index (κ1) is 13.7. The third-order valence-corrected chi connectivity index (χ3v) is 3.59. The first-order valence-electron chi connectivity index (χ1n) is 7.28. The van der Waals surface area contributed by atoms with E-state index in [2.05, 4.69) is 20.4 Å². The predicted octanol–water partition coefficient (Wildman–Crippen LogP) is 1.68. The molecule has 3 aromatic rings. The van der Waals surface area contributed by atoms with E-state index in [1.807, 2.05) is 36.5 Å². The van der Waals surface area contributed by atoms with E-state index in [4.69, 9.17) is 9.47 Å². The van der Waals surface area contributed by atoms with Gasteiger partial charge in [-0.1, -0.05) is 18.2 Å². The molecule has 0 amide bonds. The second-order valence-electron chi connectivity index (χ2n) is 5.12. The van der Waals surface area contributed by atoms with Gasteiger partial charge in [-0.3, -0.25) is 0 Å². The summed E-state index contributed by atoms with van der Waals surface area (Å²) in [5.74, 6) is 2.39. The Kier molecular flexibility index (Phi) is 3.61. The zero-order valence-electron chi connectivity index (χ0n) is 12.3. The van der Waals surface area contributed by atoms with Gasteiger partial charge in [0.15, 0.2) is 17.3 Å². The number of nitrogens with zero attached hydrogens (tertiary/aromatic N) is 4. The predicted molar refractivity (Wildman–Crippen MR) is 82.3 cm³/mol. The molecule has 1 aliphatic rings. The van der Waals surface area contributed by atoms with Crippen molar-refractivity contribution < 1.29 is 9.47 Å². The number of benzene rings is 1. The molecule has 0 radical (unpaired) electrons. The quantitative estimate of drug-likeness (QED) is 0.773. The van der Waals surface area contributed by atoms with E-state index in [1.54, 1.807) is 11.0 Å². The lowest BCUT2D eigenvalue weighted by Gasteiger charge is -2.08. The maximum absolute atomic E-state index is 5.50. The van der Waals surface area contributed by atoms with Crippen LogP contribution in [0.15, 0.2) is 49.2 Å². The number of ether oxygens (including phenoxy) is 2. The van der Waals surface area contributed by atoms with Gasteiger partial charge >= 0.3 is 0 Å². The summed E-state index contributed by atoms with van der Waals surface area (Å²) in [6, 6.07) is 9.86. The number of para-hydroxylation sites is 1. The van der Waals surface area contributed by atoms with Gasteiger partial charge in [-0.05, 0) is 17.7 Å². The molecule has 2 aromatic heterocycles. The number of rotatable bonds is 5. The molecule has 7 heteroatoms. The highest BCUT2D eigenvalue weighted by atomic mass is 16.7. The topological polar surface area (TPSA) is 74.1 Å². The summed E-state index contributed by atoms with van der Waals surface area (Å²) in [5.41, 5.74) is 2.19. The first-order valence-corrected chi connectivity index (χ1v) is 7.28. The molecule has 0 aliphatic carbocycles. The van der Waals surface area contributed by atoms with Crippen LogP contribution >= 0.6 is 0 Å². The van der Waals surface area contributed by atoms with E-state index in [1.165, 1.54) is 6.33 Å². The molecular weight excluding hydrogens is 294 g/mol. The van der Waals surface area contributed by atoms with E-state index < -0.39 is 0 Å². The number of aromatic nitrogens is 4. The van der Waals surface area contributed by atoms with Gasteiger partial charge in [0, 0.05) is 24.8 Å². The highest BCUT2D eigenvalue weighted by molar-refractivity contribution is 5.48. The Balaban J connectivity index is 1.37. The second kappa shape index (κ2) is 6.05. The van der Waals surface area contributed by atoms with Gasteiger partial charge in [-0.2, -0.15) is 5.10 Å². The normalized spacial score (nSPS) is 12.5. The molecule has 0 unspecified atom stereocenters. The third-order valence-electron chi connectivity index (χ3n) is 3.59. The third kappa shape index (κ3) is 2.86. The summed E-state index contributed by atoms with van der Waals surface area (Å²) < 4.78 is 12.5. The zero-order chi connectivity index (χ0) is 15.5. The molecule has 0 spiro atoms. The van der Waals surface area contributed by atoms with Crippen LogP contribution in [0, 0.1) is 0 Å². The fourth-order valence-electron chi connectivity index (χ4n) is 2.45. The first-order chi connectivity index (χ1) is 11.4. The SMILES string of the molecule is c1cc(CNCc2ccc(-n3cncn3)nc2)c2c(c1)OCO2. The van der Waals surface area contributed by atoms with Crippen molar-refractivity contribution in [2.45, 2.75) is 13.1 Å². The highest BCUT2D eigenvalue weighted by Gasteiger charge is 2.16. The Morgan fingerprint density at radius 2 is 2.13 bits per heavy atom. The Morgan fingerprint density at radius 3 is 2.96 bits per heavy atom. The summed E-state index contributed by atoms with van der Waals surface area (Å²) in [5, 5.41) is 7.44. The van der Waals surface area contributed by atoms with Crippen molar-refractivity contribution in [3.63, 3.8) is 0 Å². The molecule has 1 aromatic carbocycles. The second-order valence-corrected chi connectivity index (χ2v) is 5.12. The van der Waals surface area contributed by atoms with Crippen LogP contribution < -0.4 is 14.8 Å². The summed E-state index contributed by atoms with van der Waals surface area (Å²) in [7, 11) is 0. The minimum atomic E-state index is 0.292. The number of hydrogen-bond acceptors (Lipinski definition) is 6. The zero-order valence-corrected chi connectivity index (χ0v) is 12.3. The molecule has 0 fully saturated rings. The molecule has 4 rings (SSSR count). The van der Waals surface area contributed by atoms with Crippen LogP contribution in [0.2, 0.25) is 0 Å². The van der Waals surface area contributed by atoms with Crippen molar-refractivity contribution in [1.82, 2.24) is 25.1 Å². The van der Waals surface area contributed by atoms with Crippen molar-refractivity contribution in [3.05, 3.63) is 60.3 Å². The van der Waals surface area contributed by atoms with Crippen molar-refractivity contribution in [3.8, 4) is 17.3 Å². The monoisotopic (exact) mass is 309 g/mol. The van der Waals surface area contributed by atoms with Gasteiger partial charge in [0.05, 0.1) is 0 Å². The molecule has 0 saturated carbocycles. The lowest BCUT2D eigenvalue weighted by molar-refractivity contribution is 0.173. The van der Waals surface area contributed by atoms with Crippen molar-refractivity contribution in [1.29, 1.82) is 0 Å². The van der Waals surface area contributed by atoms with Gasteiger partial charge in [0.2, 0.25) is 6.79 Å². The molecule has 0 bridgehead atoms. The van der Waals surface area contributed by atoms with Crippen LogP contribution in [0.1, 0.15) is 11.1 Å². The number of pyridine rings is 1. The number of nitrogens with one attached hydrogen (secondary N) is 1. The summed E-state index contributed by atoms with van der Waals surface area (Å²) in [6.45, 7) is 1.71. The lowest BCUT2D eigenvalue weighted by atomic mass is 10.2. The van der Waals surface area contributed by atoms with Crippen LogP contribution in [-0.4, -0.2) is 26.5 Å². The van der Waals surface area contributed by atoms with E-state index in [0.717, 1.165) is 35.0 Å². The van der Waals surface area contributed by atoms with Gasteiger partial charge in [-0.25, -0.2) is 14.6 Å². The number of hydrogen-bond donors (Lipinski definition) is 1. The molecule has 1 N–H and O–H groups in total. The minimum Gasteiger partial charge on any atom is -0.454 e. The molecule has 7 nitrogen and oxygen atoms in total. The van der Waals surface area contributed by atoms with Crippen LogP contribution in [-0.2, 0) is 13.1 Å². The number of fused-ring (bicyclic) bond motifs is 1. The van der Waals surface area contributed by atoms with E-state index in [9.17, 15) is 0 Å². The minimum absolute atomic E-state index is 0.292. The van der Waals surface area contributed by atoms with Crippen molar-refractivity contribution in [2.75, 3.05) is 6.79 Å². The molecule has 3 heterocycles. The lowest BCUT2D eigenvalue weighted by Crippen LogP contribution is -2.13. The van der Waals surface area contributed by atoms with Crippen LogP contribution in [0.3, 0.4) is 0 Å². The average Bonchev–Trinajstić information content (AvgIpc) is 3.27. The van der Waals surface area contributed by atoms with Gasteiger partial charge in [-0.15, -0.1) is 0 Å². The Bertz CT molecular complexity index is 787.